The molecule has 1 aromatic carbocycles. The summed E-state index contributed by atoms with van der Waals surface area (Å²) in [6.07, 6.45) is -2.82. The van der Waals surface area contributed by atoms with Crippen LogP contribution in [0.4, 0.5) is 13.2 Å². The van der Waals surface area contributed by atoms with Gasteiger partial charge in [0.25, 0.3) is 0 Å². The summed E-state index contributed by atoms with van der Waals surface area (Å²) < 4.78 is 46.5. The first-order valence-electron chi connectivity index (χ1n) is 9.03. The molecule has 2 heterocycles. The number of aryl methyl sites for hydroxylation is 1. The molecule has 1 unspecified atom stereocenters. The van der Waals surface area contributed by atoms with Crippen LogP contribution in [-0.2, 0) is 28.7 Å². The maximum atomic E-state index is 12.9. The van der Waals surface area contributed by atoms with E-state index in [-0.39, 0.29) is 6.54 Å². The van der Waals surface area contributed by atoms with E-state index < -0.39 is 35.0 Å². The number of carbonyl (C=O) groups excluding carboxylic acids is 1. The van der Waals surface area contributed by atoms with Crippen LogP contribution in [-0.4, -0.2) is 25.9 Å². The van der Waals surface area contributed by atoms with Crippen LogP contribution < -0.4 is 5.69 Å². The molecule has 1 atom stereocenters. The normalized spacial score (nSPS) is 17.3. The molecule has 3 rings (SSSR count). The Morgan fingerprint density at radius 3 is 2.64 bits per heavy atom. The van der Waals surface area contributed by atoms with Gasteiger partial charge in [0.15, 0.2) is 0 Å². The summed E-state index contributed by atoms with van der Waals surface area (Å²) in [5.74, 6) is -0.0618. The molecule has 1 aliphatic rings. The molecule has 0 radical (unpaired) electrons. The summed E-state index contributed by atoms with van der Waals surface area (Å²) in [5.41, 5.74) is -1.69. The molecule has 1 aliphatic heterocycles. The van der Waals surface area contributed by atoms with Crippen molar-refractivity contribution in [1.29, 1.82) is 0 Å². The summed E-state index contributed by atoms with van der Waals surface area (Å²) in [5, 5.41) is 4.24. The molecule has 0 saturated carbocycles. The lowest BCUT2D eigenvalue weighted by Gasteiger charge is -2.26. The van der Waals surface area contributed by atoms with Crippen molar-refractivity contribution in [2.45, 2.75) is 64.4 Å². The fourth-order valence-electron chi connectivity index (χ4n) is 3.25. The Morgan fingerprint density at radius 2 is 2.00 bits per heavy atom. The third-order valence-corrected chi connectivity index (χ3v) is 4.40. The predicted octanol–water partition coefficient (Wildman–Crippen LogP) is 3.33. The van der Waals surface area contributed by atoms with Crippen molar-refractivity contribution in [1.82, 2.24) is 14.3 Å². The second kappa shape index (κ2) is 7.10. The van der Waals surface area contributed by atoms with Crippen LogP contribution in [0.5, 0.6) is 0 Å². The quantitative estimate of drug-likeness (QED) is 0.746. The molecule has 0 N–H and O–H groups in total. The highest BCUT2D eigenvalue weighted by Gasteiger charge is 2.34. The van der Waals surface area contributed by atoms with Gasteiger partial charge in [-0.15, -0.1) is 0 Å². The van der Waals surface area contributed by atoms with E-state index in [9.17, 15) is 22.8 Å². The molecule has 6 nitrogen and oxygen atoms in total. The number of ether oxygens (including phenoxy) is 1. The van der Waals surface area contributed by atoms with Gasteiger partial charge in [-0.25, -0.2) is 14.3 Å². The number of aromatic nitrogens is 3. The standard InChI is InChI=1S/C19H22F3N3O3/c1-18(2,3)28-16(26)14-8-5-9-15-23-24(17(27)25(14)15)11-12-6-4-7-13(10-12)19(20,21)22/h4,6-7,10,14H,5,8-9,11H2,1-3H3. The van der Waals surface area contributed by atoms with Crippen LogP contribution in [0.2, 0.25) is 0 Å². The number of alkyl halides is 3. The third kappa shape index (κ3) is 4.28. The second-order valence-corrected chi connectivity index (χ2v) is 7.87. The van der Waals surface area contributed by atoms with Gasteiger partial charge in [0.05, 0.1) is 12.1 Å². The van der Waals surface area contributed by atoms with Gasteiger partial charge in [0, 0.05) is 6.42 Å². The molecular weight excluding hydrogens is 375 g/mol. The van der Waals surface area contributed by atoms with Crippen LogP contribution >= 0.6 is 0 Å². The Hall–Kier alpha value is -2.58. The maximum Gasteiger partial charge on any atom is 0.416 e. The number of rotatable bonds is 3. The largest absolute Gasteiger partial charge is 0.458 e. The van der Waals surface area contributed by atoms with E-state index >= 15 is 0 Å². The van der Waals surface area contributed by atoms with Crippen LogP contribution in [0, 0.1) is 0 Å². The summed E-state index contributed by atoms with van der Waals surface area (Å²) in [6, 6.07) is 4.00. The summed E-state index contributed by atoms with van der Waals surface area (Å²) >= 11 is 0. The highest BCUT2D eigenvalue weighted by atomic mass is 19.4. The smallest absolute Gasteiger partial charge is 0.416 e. The fraction of sp³-hybridized carbons (Fsp3) is 0.526. The van der Waals surface area contributed by atoms with Crippen LogP contribution in [0.1, 0.15) is 56.6 Å². The van der Waals surface area contributed by atoms with E-state index in [1.807, 2.05) is 0 Å². The van der Waals surface area contributed by atoms with E-state index in [1.165, 1.54) is 16.7 Å². The Morgan fingerprint density at radius 1 is 1.29 bits per heavy atom. The molecule has 0 aliphatic carbocycles. The molecule has 1 aromatic heterocycles. The first kappa shape index (κ1) is 20.2. The summed E-state index contributed by atoms with van der Waals surface area (Å²) in [7, 11) is 0. The van der Waals surface area contributed by atoms with Gasteiger partial charge < -0.3 is 4.74 Å². The van der Waals surface area contributed by atoms with Crippen LogP contribution in [0.3, 0.4) is 0 Å². The van der Waals surface area contributed by atoms with Gasteiger partial charge in [0.1, 0.15) is 17.5 Å². The SMILES string of the molecule is CC(C)(C)OC(=O)C1CCCc2nn(Cc3cccc(C(F)(F)F)c3)c(=O)n21. The first-order valence-corrected chi connectivity index (χ1v) is 9.03. The number of esters is 1. The number of hydrogen-bond donors (Lipinski definition) is 0. The van der Waals surface area contributed by atoms with Crippen molar-refractivity contribution in [3.63, 3.8) is 0 Å². The summed E-state index contributed by atoms with van der Waals surface area (Å²) in [4.78, 5) is 25.3. The molecule has 0 spiro atoms. The van der Waals surface area contributed by atoms with Gasteiger partial charge in [-0.05, 0) is 51.3 Å². The van der Waals surface area contributed by atoms with Gasteiger partial charge in [0.2, 0.25) is 0 Å². The maximum absolute atomic E-state index is 12.9. The minimum Gasteiger partial charge on any atom is -0.458 e. The molecule has 0 saturated heterocycles. The number of hydrogen-bond acceptors (Lipinski definition) is 4. The zero-order chi connectivity index (χ0) is 20.7. The van der Waals surface area contributed by atoms with Gasteiger partial charge in [-0.3, -0.25) is 4.57 Å². The Kier molecular flexibility index (Phi) is 5.12. The zero-order valence-corrected chi connectivity index (χ0v) is 15.9. The van der Waals surface area contributed by atoms with E-state index in [0.717, 1.165) is 16.8 Å². The Bertz CT molecular complexity index is 938. The second-order valence-electron chi connectivity index (χ2n) is 7.87. The molecule has 152 valence electrons. The van der Waals surface area contributed by atoms with Crippen molar-refractivity contribution in [3.05, 3.63) is 51.7 Å². The highest BCUT2D eigenvalue weighted by molar-refractivity contribution is 5.74. The average molecular weight is 397 g/mol. The van der Waals surface area contributed by atoms with E-state index in [0.29, 0.717) is 30.7 Å². The third-order valence-electron chi connectivity index (χ3n) is 4.40. The number of nitrogens with zero attached hydrogens (tertiary/aromatic N) is 3. The van der Waals surface area contributed by atoms with Crippen molar-refractivity contribution in [3.8, 4) is 0 Å². The van der Waals surface area contributed by atoms with Crippen LogP contribution in [0.25, 0.3) is 0 Å². The van der Waals surface area contributed by atoms with Crippen molar-refractivity contribution >= 4 is 5.97 Å². The molecule has 0 bridgehead atoms. The monoisotopic (exact) mass is 397 g/mol. The van der Waals surface area contributed by atoms with Gasteiger partial charge in [-0.2, -0.15) is 18.3 Å². The first-order chi connectivity index (χ1) is 13.0. The molecule has 2 aromatic rings. The van der Waals surface area contributed by atoms with Gasteiger partial charge >= 0.3 is 17.8 Å². The fourth-order valence-corrected chi connectivity index (χ4v) is 3.25. The number of halogens is 3. The molecule has 0 fully saturated rings. The molecule has 9 heteroatoms. The predicted molar refractivity (Wildman–Crippen MR) is 94.9 cm³/mol. The van der Waals surface area contributed by atoms with E-state index in [2.05, 4.69) is 5.10 Å². The topological polar surface area (TPSA) is 66.1 Å². The minimum atomic E-state index is -4.46. The van der Waals surface area contributed by atoms with E-state index in [4.69, 9.17) is 4.74 Å². The van der Waals surface area contributed by atoms with Crippen molar-refractivity contribution in [2.75, 3.05) is 0 Å². The van der Waals surface area contributed by atoms with E-state index in [1.54, 1.807) is 20.8 Å². The van der Waals surface area contributed by atoms with Crippen molar-refractivity contribution in [2.24, 2.45) is 0 Å². The average Bonchev–Trinajstić information content (AvgIpc) is 2.89. The summed E-state index contributed by atoms with van der Waals surface area (Å²) in [6.45, 7) is 5.13. The Labute approximate surface area is 159 Å². The van der Waals surface area contributed by atoms with Crippen molar-refractivity contribution < 1.29 is 22.7 Å². The zero-order valence-electron chi connectivity index (χ0n) is 15.9. The lowest BCUT2D eigenvalue weighted by atomic mass is 10.0. The number of benzene rings is 1. The lowest BCUT2D eigenvalue weighted by molar-refractivity contribution is -0.159. The minimum absolute atomic E-state index is 0.107. The highest BCUT2D eigenvalue weighted by Crippen LogP contribution is 2.30. The molecule has 0 amide bonds. The number of fused-ring (bicyclic) bond motifs is 1. The lowest BCUT2D eigenvalue weighted by Crippen LogP contribution is -2.38. The number of carbonyl (C=O) groups is 1. The Balaban J connectivity index is 1.91. The van der Waals surface area contributed by atoms with Crippen LogP contribution in [0.15, 0.2) is 29.1 Å². The van der Waals surface area contributed by atoms with Gasteiger partial charge in [-0.1, -0.05) is 12.1 Å². The molecular formula is C19H22F3N3O3. The molecule has 28 heavy (non-hydrogen) atoms.